The summed E-state index contributed by atoms with van der Waals surface area (Å²) in [6.07, 6.45) is -5.43. The van der Waals surface area contributed by atoms with Crippen molar-refractivity contribution in [1.29, 1.82) is 0 Å². The number of ether oxygens (including phenoxy) is 4. The Morgan fingerprint density at radius 3 is 1.91 bits per heavy atom. The van der Waals surface area contributed by atoms with E-state index in [1.165, 1.54) is 32.9 Å². The summed E-state index contributed by atoms with van der Waals surface area (Å²) in [6.45, 7) is 10.7. The number of hydrogen-bond acceptors (Lipinski definition) is 10. The highest BCUT2D eigenvalue weighted by Crippen LogP contribution is 2.28. The van der Waals surface area contributed by atoms with Crippen LogP contribution in [0.2, 0.25) is 0 Å². The molecule has 1 fully saturated rings. The lowest BCUT2D eigenvalue weighted by atomic mass is 9.83. The Morgan fingerprint density at radius 1 is 0.783 bits per heavy atom. The van der Waals surface area contributed by atoms with Crippen LogP contribution in [-0.2, 0) is 49.3 Å². The Balaban J connectivity index is 2.10. The van der Waals surface area contributed by atoms with Crippen LogP contribution in [0.15, 0.2) is 60.7 Å². The zero-order valence-corrected chi connectivity index (χ0v) is 27.3. The summed E-state index contributed by atoms with van der Waals surface area (Å²) in [5, 5.41) is 2.55. The average Bonchev–Trinajstić information content (AvgIpc) is 3.03. The minimum atomic E-state index is -1.85. The molecular weight excluding hydrogens is 594 g/mol. The predicted octanol–water partition coefficient (Wildman–Crippen LogP) is 4.01. The van der Waals surface area contributed by atoms with Crippen LogP contribution in [0.25, 0.3) is 0 Å². The van der Waals surface area contributed by atoms with E-state index in [-0.39, 0.29) is 12.0 Å². The Hall–Kier alpha value is -4.54. The molecule has 0 aliphatic carbocycles. The third kappa shape index (κ3) is 8.80. The number of esters is 4. The Kier molecular flexibility index (Phi) is 12.2. The van der Waals surface area contributed by atoms with E-state index in [1.807, 2.05) is 0 Å². The molecule has 6 atom stereocenters. The van der Waals surface area contributed by atoms with Crippen LogP contribution in [0.5, 0.6) is 0 Å². The van der Waals surface area contributed by atoms with Crippen LogP contribution >= 0.6 is 0 Å². The fourth-order valence-electron chi connectivity index (χ4n) is 4.75. The molecule has 0 bridgehead atoms. The molecule has 0 spiro atoms. The molecule has 1 aliphatic rings. The van der Waals surface area contributed by atoms with Crippen molar-refractivity contribution in [3.8, 4) is 0 Å². The number of cyclic esters (lactones) is 4. The van der Waals surface area contributed by atoms with Crippen LogP contribution < -0.4 is 5.32 Å². The largest absolute Gasteiger partial charge is 0.457 e. The second kappa shape index (κ2) is 15.6. The van der Waals surface area contributed by atoms with Gasteiger partial charge in [-0.15, -0.1) is 0 Å². The molecular formula is C35H43NO10. The first kappa shape index (κ1) is 35.9. The third-order valence-electron chi connectivity index (χ3n) is 8.00. The first-order chi connectivity index (χ1) is 21.7. The number of hydrogen-bond donors (Lipinski definition) is 1. The molecule has 1 N–H and O–H groups in total. The van der Waals surface area contributed by atoms with Crippen molar-refractivity contribution in [3.05, 3.63) is 71.8 Å². The number of carbonyl (C=O) groups excluding carboxylic acids is 6. The summed E-state index contributed by atoms with van der Waals surface area (Å²) in [5.74, 6) is -6.69. The van der Waals surface area contributed by atoms with Gasteiger partial charge in [0.1, 0.15) is 11.5 Å². The molecule has 1 saturated heterocycles. The molecule has 11 nitrogen and oxygen atoms in total. The predicted molar refractivity (Wildman–Crippen MR) is 166 cm³/mol. The van der Waals surface area contributed by atoms with Gasteiger partial charge in [0.15, 0.2) is 17.9 Å². The van der Waals surface area contributed by atoms with Crippen molar-refractivity contribution in [1.82, 2.24) is 5.32 Å². The summed E-state index contributed by atoms with van der Waals surface area (Å²) in [6, 6.07) is 15.2. The van der Waals surface area contributed by atoms with Crippen LogP contribution in [-0.4, -0.2) is 66.0 Å². The van der Waals surface area contributed by atoms with Crippen LogP contribution in [0.3, 0.4) is 0 Å². The second-order valence-corrected chi connectivity index (χ2v) is 12.4. The maximum atomic E-state index is 13.9. The molecule has 2 aromatic carbocycles. The molecule has 11 heteroatoms. The molecule has 1 amide bonds. The maximum absolute atomic E-state index is 13.9. The molecule has 1 heterocycles. The van der Waals surface area contributed by atoms with Crippen LogP contribution in [0.4, 0.5) is 0 Å². The quantitative estimate of drug-likeness (QED) is 0.268. The van der Waals surface area contributed by atoms with E-state index in [4.69, 9.17) is 18.9 Å². The van der Waals surface area contributed by atoms with Gasteiger partial charge in [0, 0.05) is 23.8 Å². The zero-order valence-electron chi connectivity index (χ0n) is 27.3. The number of amides is 1. The van der Waals surface area contributed by atoms with Gasteiger partial charge in [-0.3, -0.25) is 14.4 Å². The van der Waals surface area contributed by atoms with Gasteiger partial charge in [-0.2, -0.15) is 0 Å². The van der Waals surface area contributed by atoms with E-state index in [9.17, 15) is 28.8 Å². The van der Waals surface area contributed by atoms with Gasteiger partial charge in [-0.25, -0.2) is 14.4 Å². The lowest BCUT2D eigenvalue weighted by Gasteiger charge is -2.30. The van der Waals surface area contributed by atoms with Crippen LogP contribution in [0.1, 0.15) is 70.8 Å². The van der Waals surface area contributed by atoms with E-state index in [1.54, 1.807) is 76.2 Å². The number of Topliss-reactive ketones (excluding diaryl/α,β-unsaturated/α-hetero) is 1. The molecule has 0 saturated carbocycles. The number of rotatable bonds is 7. The van der Waals surface area contributed by atoms with E-state index in [0.717, 1.165) is 0 Å². The minimum Gasteiger partial charge on any atom is -0.457 e. The molecule has 0 aromatic heterocycles. The monoisotopic (exact) mass is 637 g/mol. The molecule has 0 radical (unpaired) electrons. The van der Waals surface area contributed by atoms with Crippen molar-refractivity contribution < 1.29 is 47.7 Å². The smallest absolute Gasteiger partial charge is 0.348 e. The molecule has 248 valence electrons. The number of nitrogens with one attached hydrogen (secondary N) is 1. The molecule has 46 heavy (non-hydrogen) atoms. The summed E-state index contributed by atoms with van der Waals surface area (Å²) in [7, 11) is 0. The van der Waals surface area contributed by atoms with Gasteiger partial charge < -0.3 is 24.3 Å². The normalized spacial score (nSPS) is 25.2. The van der Waals surface area contributed by atoms with Crippen molar-refractivity contribution in [2.75, 3.05) is 0 Å². The molecule has 2 aromatic rings. The second-order valence-electron chi connectivity index (χ2n) is 12.4. The first-order valence-electron chi connectivity index (χ1n) is 15.4. The lowest BCUT2D eigenvalue weighted by molar-refractivity contribution is -0.183. The van der Waals surface area contributed by atoms with E-state index < -0.39 is 83.3 Å². The highest BCUT2D eigenvalue weighted by Gasteiger charge is 2.47. The average molecular weight is 638 g/mol. The number of carbonyl (C=O) groups is 6. The van der Waals surface area contributed by atoms with E-state index in [2.05, 4.69) is 5.32 Å². The van der Waals surface area contributed by atoms with Crippen LogP contribution in [0, 0.1) is 17.3 Å². The summed E-state index contributed by atoms with van der Waals surface area (Å²) >= 11 is 0. The topological polar surface area (TPSA) is 151 Å². The van der Waals surface area contributed by atoms with Crippen molar-refractivity contribution in [2.45, 2.75) is 91.8 Å². The van der Waals surface area contributed by atoms with Gasteiger partial charge in [-0.05, 0) is 44.9 Å². The van der Waals surface area contributed by atoms with Gasteiger partial charge >= 0.3 is 23.9 Å². The standard InChI is InChI=1S/C35H43NO10/c1-8-21(4)28-33(41)43-22(5)26(36-30(38)24-17-13-10-14-18-24)31(39)45-27(20(2)3)32(40)44-25(19-23-15-11-9-12-16-23)29(37)35(6,7)34(42)46-28/h9-18,20-22,25-28H,8,19H2,1-7H3,(H,36,38)/t21-,22+,25-,26-,27-,28-/m0/s1. The summed E-state index contributed by atoms with van der Waals surface area (Å²) < 4.78 is 22.6. The number of ketones is 1. The van der Waals surface area contributed by atoms with Crippen molar-refractivity contribution in [2.24, 2.45) is 17.3 Å². The fourth-order valence-corrected chi connectivity index (χ4v) is 4.75. The Morgan fingerprint density at radius 2 is 1.35 bits per heavy atom. The lowest BCUT2D eigenvalue weighted by Crippen LogP contribution is -2.52. The van der Waals surface area contributed by atoms with Gasteiger partial charge in [0.25, 0.3) is 5.91 Å². The molecule has 0 unspecified atom stereocenters. The first-order valence-corrected chi connectivity index (χ1v) is 15.4. The van der Waals surface area contributed by atoms with Crippen molar-refractivity contribution >= 4 is 35.6 Å². The summed E-state index contributed by atoms with van der Waals surface area (Å²) in [5.41, 5.74) is -0.985. The molecule has 3 rings (SSSR count). The highest BCUT2D eigenvalue weighted by atomic mass is 16.6. The fraction of sp³-hybridized carbons (Fsp3) is 0.486. The molecule has 1 aliphatic heterocycles. The third-order valence-corrected chi connectivity index (χ3v) is 8.00. The zero-order chi connectivity index (χ0) is 34.2. The number of benzene rings is 2. The summed E-state index contributed by atoms with van der Waals surface area (Å²) in [4.78, 5) is 81.4. The minimum absolute atomic E-state index is 0.0789. The van der Waals surface area contributed by atoms with Crippen molar-refractivity contribution in [3.63, 3.8) is 0 Å². The SMILES string of the molecule is CC[C@H](C)[C@@H]1OC(=O)C(C)(C)C(=O)[C@H](Cc2ccccc2)OC(=O)[C@H](C(C)C)OC(=O)[C@@H](NC(=O)c2ccccc2)[C@@H](C)OC1=O. The van der Waals surface area contributed by atoms with Gasteiger partial charge in [-0.1, -0.05) is 76.2 Å². The van der Waals surface area contributed by atoms with E-state index in [0.29, 0.717) is 12.0 Å². The van der Waals surface area contributed by atoms with Gasteiger partial charge in [0.05, 0.1) is 0 Å². The maximum Gasteiger partial charge on any atom is 0.348 e. The Bertz CT molecular complexity index is 1400. The van der Waals surface area contributed by atoms with Gasteiger partial charge in [0.2, 0.25) is 12.2 Å². The van der Waals surface area contributed by atoms with E-state index >= 15 is 0 Å². The Labute approximate surface area is 269 Å². The highest BCUT2D eigenvalue weighted by molar-refractivity contribution is 6.06.